The molecule has 0 saturated heterocycles. The van der Waals surface area contributed by atoms with E-state index in [1.54, 1.807) is 18.2 Å². The van der Waals surface area contributed by atoms with Crippen LogP contribution < -0.4 is 14.2 Å². The predicted molar refractivity (Wildman–Crippen MR) is 99.3 cm³/mol. The summed E-state index contributed by atoms with van der Waals surface area (Å²) in [4.78, 5) is 25.8. The van der Waals surface area contributed by atoms with Crippen LogP contribution in [0.2, 0.25) is 0 Å². The number of carbonyl (C=O) groups is 2. The van der Waals surface area contributed by atoms with Gasteiger partial charge in [0.1, 0.15) is 17.1 Å². The summed E-state index contributed by atoms with van der Waals surface area (Å²) in [6.45, 7) is -0.299. The molecule has 0 aliphatic heterocycles. The van der Waals surface area contributed by atoms with Crippen LogP contribution in [0.1, 0.15) is 15.9 Å². The number of hydrogen-bond donors (Lipinski definition) is 0. The maximum Gasteiger partial charge on any atom is 0.342 e. The van der Waals surface area contributed by atoms with E-state index < -0.39 is 24.3 Å². The van der Waals surface area contributed by atoms with Gasteiger partial charge in [-0.15, -0.1) is 0 Å². The zero-order chi connectivity index (χ0) is 20.7. The first-order valence-electron chi connectivity index (χ1n) is 8.35. The van der Waals surface area contributed by atoms with Crippen LogP contribution in [0.4, 0.5) is 4.39 Å². The highest BCUT2D eigenvalue weighted by Gasteiger charge is 2.18. The highest BCUT2D eigenvalue weighted by atomic mass is 19.1. The molecule has 0 saturated carbocycles. The Bertz CT molecular complexity index is 855. The number of nitrogens with zero attached hydrogens (tertiary/aromatic N) is 1. The maximum atomic E-state index is 13.8. The third kappa shape index (κ3) is 5.12. The molecule has 0 radical (unpaired) electrons. The van der Waals surface area contributed by atoms with Crippen molar-refractivity contribution in [2.45, 2.75) is 6.54 Å². The van der Waals surface area contributed by atoms with Crippen LogP contribution in [0.25, 0.3) is 0 Å². The minimum atomic E-state index is -0.697. The molecule has 0 aliphatic carbocycles. The number of carbonyl (C=O) groups excluding carboxylic acids is 2. The van der Waals surface area contributed by atoms with Gasteiger partial charge in [-0.05, 0) is 29.8 Å². The topological polar surface area (TPSA) is 74.3 Å². The molecule has 2 rings (SSSR count). The minimum absolute atomic E-state index is 0.125. The second kappa shape index (κ2) is 9.59. The Morgan fingerprint density at radius 3 is 2.29 bits per heavy atom. The van der Waals surface area contributed by atoms with Crippen LogP contribution in [0.3, 0.4) is 0 Å². The summed E-state index contributed by atoms with van der Waals surface area (Å²) in [5.74, 6) is -0.720. The van der Waals surface area contributed by atoms with E-state index in [0.29, 0.717) is 11.3 Å². The van der Waals surface area contributed by atoms with Gasteiger partial charge in [-0.3, -0.25) is 4.79 Å². The maximum absolute atomic E-state index is 13.8. The summed E-state index contributed by atoms with van der Waals surface area (Å²) in [6, 6.07) is 9.05. The molecule has 8 heteroatoms. The van der Waals surface area contributed by atoms with E-state index in [9.17, 15) is 14.0 Å². The summed E-state index contributed by atoms with van der Waals surface area (Å²) in [7, 11) is 5.82. The summed E-state index contributed by atoms with van der Waals surface area (Å²) < 4.78 is 33.9. The standard InChI is InChI=1S/C20H22FNO6/c1-22(11-13-5-8-17(26-3)16(21)9-13)19(23)12-28-20(24)15-7-6-14(25-2)10-18(15)27-4/h5-10H,11-12H2,1-4H3. The van der Waals surface area contributed by atoms with Crippen molar-refractivity contribution in [2.24, 2.45) is 0 Å². The van der Waals surface area contributed by atoms with E-state index in [4.69, 9.17) is 18.9 Å². The first kappa shape index (κ1) is 21.0. The highest BCUT2D eigenvalue weighted by Crippen LogP contribution is 2.25. The lowest BCUT2D eigenvalue weighted by Gasteiger charge is -2.18. The smallest absolute Gasteiger partial charge is 0.342 e. The normalized spacial score (nSPS) is 10.2. The molecule has 0 aromatic heterocycles. The van der Waals surface area contributed by atoms with Crippen LogP contribution in [0.15, 0.2) is 36.4 Å². The number of hydrogen-bond acceptors (Lipinski definition) is 6. The molecule has 0 bridgehead atoms. The van der Waals surface area contributed by atoms with Gasteiger partial charge in [0.15, 0.2) is 18.2 Å². The van der Waals surface area contributed by atoms with Crippen molar-refractivity contribution >= 4 is 11.9 Å². The molecular weight excluding hydrogens is 369 g/mol. The number of ether oxygens (including phenoxy) is 4. The zero-order valence-corrected chi connectivity index (χ0v) is 16.2. The van der Waals surface area contributed by atoms with E-state index in [0.717, 1.165) is 0 Å². The number of methoxy groups -OCH3 is 3. The summed E-state index contributed by atoms with van der Waals surface area (Å²) in [5, 5.41) is 0. The lowest BCUT2D eigenvalue weighted by molar-refractivity contribution is -0.133. The zero-order valence-electron chi connectivity index (χ0n) is 16.2. The van der Waals surface area contributed by atoms with Crippen molar-refractivity contribution in [1.29, 1.82) is 0 Å². The van der Waals surface area contributed by atoms with Gasteiger partial charge in [-0.1, -0.05) is 6.07 Å². The van der Waals surface area contributed by atoms with Crippen molar-refractivity contribution in [3.05, 3.63) is 53.3 Å². The van der Waals surface area contributed by atoms with Crippen molar-refractivity contribution < 1.29 is 32.9 Å². The van der Waals surface area contributed by atoms with Crippen molar-refractivity contribution in [3.63, 3.8) is 0 Å². The molecule has 0 fully saturated rings. The Morgan fingerprint density at radius 2 is 1.68 bits per heavy atom. The summed E-state index contributed by atoms with van der Waals surface area (Å²) in [6.07, 6.45) is 0. The first-order valence-corrected chi connectivity index (χ1v) is 8.35. The van der Waals surface area contributed by atoms with Gasteiger partial charge in [-0.25, -0.2) is 9.18 Å². The third-order valence-electron chi connectivity index (χ3n) is 4.02. The van der Waals surface area contributed by atoms with Gasteiger partial charge in [0, 0.05) is 19.7 Å². The molecule has 1 amide bonds. The van der Waals surface area contributed by atoms with Crippen molar-refractivity contribution in [1.82, 2.24) is 4.90 Å². The van der Waals surface area contributed by atoms with E-state index in [1.807, 2.05) is 0 Å². The molecule has 0 unspecified atom stereocenters. The largest absolute Gasteiger partial charge is 0.497 e. The average molecular weight is 391 g/mol. The van der Waals surface area contributed by atoms with E-state index in [2.05, 4.69) is 0 Å². The van der Waals surface area contributed by atoms with Gasteiger partial charge in [-0.2, -0.15) is 0 Å². The molecule has 2 aromatic rings. The van der Waals surface area contributed by atoms with E-state index in [1.165, 1.54) is 51.5 Å². The molecule has 2 aromatic carbocycles. The summed E-state index contributed by atoms with van der Waals surface area (Å²) >= 11 is 0. The third-order valence-corrected chi connectivity index (χ3v) is 4.02. The number of amides is 1. The molecule has 0 heterocycles. The van der Waals surface area contributed by atoms with Gasteiger partial charge in [0.05, 0.1) is 21.3 Å². The van der Waals surface area contributed by atoms with Gasteiger partial charge in [0.2, 0.25) is 0 Å². The Balaban J connectivity index is 1.95. The number of benzene rings is 2. The quantitative estimate of drug-likeness (QED) is 0.644. The molecule has 0 aliphatic rings. The monoisotopic (exact) mass is 391 g/mol. The van der Waals surface area contributed by atoms with Crippen LogP contribution >= 0.6 is 0 Å². The van der Waals surface area contributed by atoms with Crippen LogP contribution in [-0.4, -0.2) is 51.8 Å². The fraction of sp³-hybridized carbons (Fsp3) is 0.300. The Labute approximate surface area is 162 Å². The summed E-state index contributed by atoms with van der Waals surface area (Å²) in [5.41, 5.74) is 0.758. The van der Waals surface area contributed by atoms with Crippen LogP contribution in [0, 0.1) is 5.82 Å². The molecule has 0 atom stereocenters. The second-order valence-electron chi connectivity index (χ2n) is 5.86. The molecule has 0 N–H and O–H groups in total. The number of halogens is 1. The fourth-order valence-electron chi connectivity index (χ4n) is 2.45. The van der Waals surface area contributed by atoms with Gasteiger partial charge in [0.25, 0.3) is 5.91 Å². The lowest BCUT2D eigenvalue weighted by atomic mass is 10.2. The average Bonchev–Trinajstić information content (AvgIpc) is 2.71. The number of esters is 1. The molecule has 0 spiro atoms. The van der Waals surface area contributed by atoms with Crippen molar-refractivity contribution in [2.75, 3.05) is 35.0 Å². The van der Waals surface area contributed by atoms with E-state index >= 15 is 0 Å². The van der Waals surface area contributed by atoms with Crippen LogP contribution in [0.5, 0.6) is 17.2 Å². The fourth-order valence-corrected chi connectivity index (χ4v) is 2.45. The Kier molecular flexibility index (Phi) is 7.20. The minimum Gasteiger partial charge on any atom is -0.497 e. The lowest BCUT2D eigenvalue weighted by Crippen LogP contribution is -2.30. The molecule has 28 heavy (non-hydrogen) atoms. The Hall–Kier alpha value is -3.29. The molecular formula is C20H22FNO6. The second-order valence-corrected chi connectivity index (χ2v) is 5.86. The highest BCUT2D eigenvalue weighted by molar-refractivity contribution is 5.94. The predicted octanol–water partition coefficient (Wildman–Crippen LogP) is 2.67. The number of rotatable bonds is 8. The SMILES string of the molecule is COc1ccc(C(=O)OCC(=O)N(C)Cc2ccc(OC)c(F)c2)c(OC)c1. The van der Waals surface area contributed by atoms with Gasteiger partial charge < -0.3 is 23.8 Å². The van der Waals surface area contributed by atoms with Crippen molar-refractivity contribution in [3.8, 4) is 17.2 Å². The number of likely N-dealkylation sites (N-methyl/N-ethyl adjacent to an activating group) is 1. The molecule has 7 nitrogen and oxygen atoms in total. The first-order chi connectivity index (χ1) is 13.4. The Morgan fingerprint density at radius 1 is 0.964 bits per heavy atom. The van der Waals surface area contributed by atoms with E-state index in [-0.39, 0.29) is 23.6 Å². The molecule has 150 valence electrons. The van der Waals surface area contributed by atoms with Crippen LogP contribution in [-0.2, 0) is 16.1 Å². The van der Waals surface area contributed by atoms with Gasteiger partial charge >= 0.3 is 5.97 Å².